The zero-order valence-electron chi connectivity index (χ0n) is 11.1. The summed E-state index contributed by atoms with van der Waals surface area (Å²) in [5.41, 5.74) is 6.71. The van der Waals surface area contributed by atoms with Crippen molar-refractivity contribution in [2.45, 2.75) is 13.0 Å². The summed E-state index contributed by atoms with van der Waals surface area (Å²) < 4.78 is 13.0. The lowest BCUT2D eigenvalue weighted by atomic mass is 10.1. The van der Waals surface area contributed by atoms with E-state index in [1.54, 1.807) is 19.6 Å². The molecule has 2 rings (SSSR count). The topological polar surface area (TPSA) is 62.3 Å². The minimum atomic E-state index is 0.584. The number of methoxy groups -OCH3 is 1. The molecule has 0 bridgehead atoms. The van der Waals surface area contributed by atoms with Crippen molar-refractivity contribution < 1.29 is 9.47 Å². The molecule has 5 nitrogen and oxygen atoms in total. The van der Waals surface area contributed by atoms with E-state index in [0.29, 0.717) is 13.2 Å². The number of nitrogens with two attached hydrogens (primary N) is 1. The van der Waals surface area contributed by atoms with Crippen LogP contribution in [0, 0.1) is 0 Å². The molecule has 0 fully saturated rings. The molecule has 1 heterocycles. The van der Waals surface area contributed by atoms with E-state index in [1.807, 2.05) is 29.0 Å². The molecule has 0 saturated carbocycles. The third-order valence-electron chi connectivity index (χ3n) is 2.85. The molecule has 0 aliphatic carbocycles. The Morgan fingerprint density at radius 1 is 1.37 bits per heavy atom. The van der Waals surface area contributed by atoms with Crippen LogP contribution in [-0.2, 0) is 13.0 Å². The molecular formula is C14H19N3O2. The van der Waals surface area contributed by atoms with Crippen molar-refractivity contribution in [3.8, 4) is 11.5 Å². The van der Waals surface area contributed by atoms with Crippen LogP contribution in [0.25, 0.3) is 0 Å². The number of rotatable bonds is 7. The van der Waals surface area contributed by atoms with Crippen molar-refractivity contribution in [2.75, 3.05) is 20.3 Å². The monoisotopic (exact) mass is 261 g/mol. The number of aromatic nitrogens is 2. The molecule has 5 heteroatoms. The zero-order chi connectivity index (χ0) is 13.5. The second-order valence-corrected chi connectivity index (χ2v) is 4.16. The molecule has 2 aromatic rings. The minimum absolute atomic E-state index is 0.584. The van der Waals surface area contributed by atoms with Crippen molar-refractivity contribution in [3.63, 3.8) is 0 Å². The van der Waals surface area contributed by atoms with Gasteiger partial charge in [-0.3, -0.25) is 0 Å². The van der Waals surface area contributed by atoms with Crippen LogP contribution in [0.5, 0.6) is 11.5 Å². The van der Waals surface area contributed by atoms with Crippen LogP contribution >= 0.6 is 0 Å². The molecule has 19 heavy (non-hydrogen) atoms. The Labute approximate surface area is 113 Å². The average molecular weight is 261 g/mol. The molecule has 2 N–H and O–H groups in total. The summed E-state index contributed by atoms with van der Waals surface area (Å²) in [6.45, 7) is 1.95. The average Bonchev–Trinajstić information content (AvgIpc) is 2.94. The predicted octanol–water partition coefficient (Wildman–Crippen LogP) is 1.47. The minimum Gasteiger partial charge on any atom is -0.497 e. The van der Waals surface area contributed by atoms with Gasteiger partial charge >= 0.3 is 0 Å². The van der Waals surface area contributed by atoms with Crippen LogP contribution in [-0.4, -0.2) is 29.8 Å². The van der Waals surface area contributed by atoms with Crippen molar-refractivity contribution in [1.29, 1.82) is 0 Å². The van der Waals surface area contributed by atoms with Crippen LogP contribution in [0.15, 0.2) is 36.9 Å². The van der Waals surface area contributed by atoms with Crippen LogP contribution in [0.4, 0.5) is 0 Å². The van der Waals surface area contributed by atoms with Gasteiger partial charge in [-0.1, -0.05) is 6.07 Å². The lowest BCUT2D eigenvalue weighted by molar-refractivity contribution is 0.293. The summed E-state index contributed by atoms with van der Waals surface area (Å²) >= 11 is 0. The van der Waals surface area contributed by atoms with E-state index in [4.69, 9.17) is 15.2 Å². The second-order valence-electron chi connectivity index (χ2n) is 4.16. The van der Waals surface area contributed by atoms with Gasteiger partial charge in [-0.15, -0.1) is 0 Å². The lowest BCUT2D eigenvalue weighted by Gasteiger charge is -2.12. The predicted molar refractivity (Wildman–Crippen MR) is 73.5 cm³/mol. The third-order valence-corrected chi connectivity index (χ3v) is 2.85. The van der Waals surface area contributed by atoms with Gasteiger partial charge in [0.15, 0.2) is 0 Å². The van der Waals surface area contributed by atoms with Crippen molar-refractivity contribution in [2.24, 2.45) is 5.73 Å². The maximum Gasteiger partial charge on any atom is 0.126 e. The van der Waals surface area contributed by atoms with E-state index in [9.17, 15) is 0 Å². The number of imidazole rings is 1. The second kappa shape index (κ2) is 6.80. The molecule has 0 atom stereocenters. The summed E-state index contributed by atoms with van der Waals surface area (Å²) in [7, 11) is 1.65. The largest absolute Gasteiger partial charge is 0.497 e. The first-order chi connectivity index (χ1) is 9.33. The molecule has 0 aliphatic heterocycles. The summed E-state index contributed by atoms with van der Waals surface area (Å²) in [5, 5.41) is 0. The fraction of sp³-hybridized carbons (Fsp3) is 0.357. The number of ether oxygens (including phenoxy) is 2. The Hall–Kier alpha value is -2.01. The van der Waals surface area contributed by atoms with Crippen molar-refractivity contribution >= 4 is 0 Å². The highest BCUT2D eigenvalue weighted by Gasteiger charge is 2.05. The van der Waals surface area contributed by atoms with E-state index in [-0.39, 0.29) is 0 Å². The van der Waals surface area contributed by atoms with E-state index in [0.717, 1.165) is 30.0 Å². The van der Waals surface area contributed by atoms with E-state index < -0.39 is 0 Å². The Morgan fingerprint density at radius 3 is 2.95 bits per heavy atom. The molecule has 0 saturated heterocycles. The zero-order valence-corrected chi connectivity index (χ0v) is 11.1. The molecular weight excluding hydrogens is 242 g/mol. The van der Waals surface area contributed by atoms with E-state index in [2.05, 4.69) is 4.98 Å². The highest BCUT2D eigenvalue weighted by atomic mass is 16.5. The van der Waals surface area contributed by atoms with Gasteiger partial charge < -0.3 is 19.8 Å². The fourth-order valence-corrected chi connectivity index (χ4v) is 1.84. The van der Waals surface area contributed by atoms with Crippen molar-refractivity contribution in [1.82, 2.24) is 9.55 Å². The number of hydrogen-bond acceptors (Lipinski definition) is 4. The smallest absolute Gasteiger partial charge is 0.126 e. The van der Waals surface area contributed by atoms with Crippen LogP contribution < -0.4 is 15.2 Å². The summed E-state index contributed by atoms with van der Waals surface area (Å²) in [6.07, 6.45) is 6.24. The fourth-order valence-electron chi connectivity index (χ4n) is 1.84. The number of hydrogen-bond donors (Lipinski definition) is 1. The van der Waals surface area contributed by atoms with Gasteiger partial charge in [0, 0.05) is 18.5 Å². The Morgan fingerprint density at radius 2 is 2.26 bits per heavy atom. The Balaban J connectivity index is 2.00. The summed E-state index contributed by atoms with van der Waals surface area (Å²) in [5.74, 6) is 1.63. The first-order valence-corrected chi connectivity index (χ1v) is 6.29. The first kappa shape index (κ1) is 13.4. The van der Waals surface area contributed by atoms with Gasteiger partial charge in [0.05, 0.1) is 20.0 Å². The molecule has 1 aromatic heterocycles. The SMILES string of the molecule is COc1ccc(CCN)c(OCCn2ccnc2)c1. The normalized spacial score (nSPS) is 10.4. The molecule has 0 unspecified atom stereocenters. The van der Waals surface area contributed by atoms with Crippen LogP contribution in [0.1, 0.15) is 5.56 Å². The molecule has 1 aromatic carbocycles. The highest BCUT2D eigenvalue weighted by Crippen LogP contribution is 2.25. The molecule has 0 aliphatic rings. The Kier molecular flexibility index (Phi) is 4.80. The number of nitrogens with zero attached hydrogens (tertiary/aromatic N) is 2. The van der Waals surface area contributed by atoms with Crippen molar-refractivity contribution in [3.05, 3.63) is 42.5 Å². The van der Waals surface area contributed by atoms with Gasteiger partial charge in [0.25, 0.3) is 0 Å². The Bertz CT molecular complexity index is 497. The quantitative estimate of drug-likeness (QED) is 0.820. The molecule has 0 spiro atoms. The summed E-state index contributed by atoms with van der Waals surface area (Å²) in [6, 6.07) is 5.82. The highest BCUT2D eigenvalue weighted by molar-refractivity contribution is 5.40. The van der Waals surface area contributed by atoms with E-state index >= 15 is 0 Å². The molecule has 102 valence electrons. The number of benzene rings is 1. The standard InChI is InChI=1S/C14H19N3O2/c1-18-13-3-2-12(4-5-15)14(10-13)19-9-8-17-7-6-16-11-17/h2-3,6-7,10-11H,4-5,8-9,15H2,1H3. The van der Waals surface area contributed by atoms with Gasteiger partial charge in [-0.25, -0.2) is 4.98 Å². The van der Waals surface area contributed by atoms with Gasteiger partial charge in [-0.2, -0.15) is 0 Å². The first-order valence-electron chi connectivity index (χ1n) is 6.29. The molecule has 0 amide bonds. The maximum atomic E-state index is 5.82. The van der Waals surface area contributed by atoms with Gasteiger partial charge in [0.2, 0.25) is 0 Å². The van der Waals surface area contributed by atoms with Gasteiger partial charge in [-0.05, 0) is 24.6 Å². The summed E-state index contributed by atoms with van der Waals surface area (Å²) in [4.78, 5) is 3.99. The molecule has 0 radical (unpaired) electrons. The van der Waals surface area contributed by atoms with Crippen LogP contribution in [0.3, 0.4) is 0 Å². The van der Waals surface area contributed by atoms with E-state index in [1.165, 1.54) is 0 Å². The maximum absolute atomic E-state index is 5.82. The van der Waals surface area contributed by atoms with Crippen LogP contribution in [0.2, 0.25) is 0 Å². The lowest BCUT2D eigenvalue weighted by Crippen LogP contribution is -2.09. The third kappa shape index (κ3) is 3.72. The van der Waals surface area contributed by atoms with Gasteiger partial charge in [0.1, 0.15) is 18.1 Å².